The molecule has 0 amide bonds. The number of nitrogens with zero attached hydrogens (tertiary/aromatic N) is 2. The third-order valence-electron chi connectivity index (χ3n) is 5.76. The maximum Gasteiger partial charge on any atom is 0.199 e. The van der Waals surface area contributed by atoms with Gasteiger partial charge in [-0.15, -0.1) is 0 Å². The highest BCUT2D eigenvalue weighted by Gasteiger charge is 2.35. The van der Waals surface area contributed by atoms with Crippen LogP contribution in [0.15, 0.2) is 106 Å². The van der Waals surface area contributed by atoms with E-state index in [9.17, 15) is 9.90 Å². The van der Waals surface area contributed by atoms with E-state index in [0.29, 0.717) is 16.8 Å². The quantitative estimate of drug-likeness (QED) is 0.572. The van der Waals surface area contributed by atoms with Crippen molar-refractivity contribution in [3.05, 3.63) is 118 Å². The summed E-state index contributed by atoms with van der Waals surface area (Å²) < 4.78 is 5.27. The summed E-state index contributed by atoms with van der Waals surface area (Å²) in [7, 11) is 1.63. The van der Waals surface area contributed by atoms with Gasteiger partial charge in [-0.05, 0) is 29.3 Å². The van der Waals surface area contributed by atoms with Crippen molar-refractivity contribution in [1.29, 1.82) is 0 Å². The summed E-state index contributed by atoms with van der Waals surface area (Å²) in [6, 6.07) is 24.5. The Kier molecular flexibility index (Phi) is 4.71. The zero-order chi connectivity index (χ0) is 21.4. The molecule has 2 unspecified atom stereocenters. The van der Waals surface area contributed by atoms with E-state index in [0.717, 1.165) is 16.9 Å². The van der Waals surface area contributed by atoms with Gasteiger partial charge in [0.05, 0.1) is 18.4 Å². The molecule has 0 saturated carbocycles. The van der Waals surface area contributed by atoms with Gasteiger partial charge in [0.25, 0.3) is 0 Å². The minimum atomic E-state index is -0.251. The molecule has 2 aliphatic rings. The molecule has 5 rings (SSSR count). The van der Waals surface area contributed by atoms with Crippen molar-refractivity contribution >= 4 is 11.5 Å². The van der Waals surface area contributed by atoms with Crippen LogP contribution in [-0.4, -0.2) is 18.0 Å². The highest BCUT2D eigenvalue weighted by Crippen LogP contribution is 2.44. The molecule has 31 heavy (non-hydrogen) atoms. The van der Waals surface area contributed by atoms with Crippen molar-refractivity contribution in [3.63, 3.8) is 0 Å². The van der Waals surface area contributed by atoms with Gasteiger partial charge in [-0.25, -0.2) is 0 Å². The summed E-state index contributed by atoms with van der Waals surface area (Å²) in [6.07, 6.45) is 1.94. The van der Waals surface area contributed by atoms with E-state index >= 15 is 0 Å². The number of allylic oxidation sites excluding steroid dienone is 1. The molecule has 1 N–H and O–H groups in total. The third-order valence-corrected chi connectivity index (χ3v) is 5.76. The van der Waals surface area contributed by atoms with E-state index in [1.165, 1.54) is 0 Å². The van der Waals surface area contributed by atoms with Crippen LogP contribution in [0.3, 0.4) is 0 Å². The minimum Gasteiger partial charge on any atom is -0.506 e. The molecule has 0 spiro atoms. The molecule has 0 aromatic heterocycles. The minimum absolute atomic E-state index is 0.0412. The number of fused-ring (bicyclic) bond motifs is 1. The Hall–Kier alpha value is -3.99. The molecule has 0 saturated heterocycles. The molecule has 1 aliphatic heterocycles. The first-order valence-electron chi connectivity index (χ1n) is 10.1. The van der Waals surface area contributed by atoms with Crippen molar-refractivity contribution in [2.45, 2.75) is 12.0 Å². The van der Waals surface area contributed by atoms with E-state index in [1.807, 2.05) is 60.7 Å². The number of ether oxygens (including phenoxy) is 1. The fraction of sp³-hybridized carbons (Fsp3) is 0.115. The number of aliphatic hydroxyl groups is 1. The number of aliphatic hydroxyl groups excluding tert-OH is 1. The summed E-state index contributed by atoms with van der Waals surface area (Å²) in [6.45, 7) is 0. The van der Waals surface area contributed by atoms with Crippen LogP contribution in [-0.2, 0) is 0 Å². The predicted molar refractivity (Wildman–Crippen MR) is 118 cm³/mol. The van der Waals surface area contributed by atoms with Gasteiger partial charge in [-0.1, -0.05) is 66.7 Å². The molecule has 152 valence electrons. The molecular formula is C26H20N2O3. The number of benzene rings is 3. The average Bonchev–Trinajstić information content (AvgIpc) is 3.09. The lowest BCUT2D eigenvalue weighted by atomic mass is 9.85. The van der Waals surface area contributed by atoms with Crippen molar-refractivity contribution in [2.75, 3.05) is 7.11 Å². The monoisotopic (exact) mass is 408 g/mol. The number of hydrogen-bond acceptors (Lipinski definition) is 5. The highest BCUT2D eigenvalue weighted by molar-refractivity contribution is 6.22. The fourth-order valence-electron chi connectivity index (χ4n) is 4.16. The van der Waals surface area contributed by atoms with E-state index in [-0.39, 0.29) is 29.1 Å². The number of carbonyl (C=O) groups is 1. The van der Waals surface area contributed by atoms with E-state index in [2.05, 4.69) is 10.2 Å². The van der Waals surface area contributed by atoms with Gasteiger partial charge < -0.3 is 9.84 Å². The molecule has 5 nitrogen and oxygen atoms in total. The number of azo groups is 1. The maximum atomic E-state index is 13.0. The van der Waals surface area contributed by atoms with Crippen molar-refractivity contribution in [1.82, 2.24) is 0 Å². The van der Waals surface area contributed by atoms with Gasteiger partial charge in [0.2, 0.25) is 0 Å². The van der Waals surface area contributed by atoms with Crippen LogP contribution in [0.2, 0.25) is 0 Å². The summed E-state index contributed by atoms with van der Waals surface area (Å²) >= 11 is 0. The predicted octanol–water partition coefficient (Wildman–Crippen LogP) is 6.04. The largest absolute Gasteiger partial charge is 0.506 e. The molecule has 1 heterocycles. The molecule has 0 bridgehead atoms. The van der Waals surface area contributed by atoms with Gasteiger partial charge in [0.15, 0.2) is 5.78 Å². The first-order chi connectivity index (χ1) is 15.2. The zero-order valence-electron chi connectivity index (χ0n) is 16.9. The van der Waals surface area contributed by atoms with Crippen LogP contribution in [0.4, 0.5) is 0 Å². The normalized spacial score (nSPS) is 19.9. The lowest BCUT2D eigenvalue weighted by Gasteiger charge is -2.25. The maximum absolute atomic E-state index is 13.0. The van der Waals surface area contributed by atoms with Crippen LogP contribution < -0.4 is 4.74 Å². The van der Waals surface area contributed by atoms with Crippen LogP contribution >= 0.6 is 0 Å². The van der Waals surface area contributed by atoms with Crippen LogP contribution in [0.25, 0.3) is 5.76 Å². The Morgan fingerprint density at radius 2 is 1.52 bits per heavy atom. The Balaban J connectivity index is 1.58. The summed E-state index contributed by atoms with van der Waals surface area (Å²) in [5.74, 6) is 0.362. The summed E-state index contributed by atoms with van der Waals surface area (Å²) in [5, 5.41) is 19.7. The molecule has 0 radical (unpaired) electrons. The first-order valence-corrected chi connectivity index (χ1v) is 10.1. The second-order valence-electron chi connectivity index (χ2n) is 7.52. The second-order valence-corrected chi connectivity index (χ2v) is 7.52. The molecular weight excluding hydrogens is 388 g/mol. The van der Waals surface area contributed by atoms with Crippen molar-refractivity contribution in [3.8, 4) is 5.75 Å². The van der Waals surface area contributed by atoms with Crippen LogP contribution in [0, 0.1) is 0 Å². The van der Waals surface area contributed by atoms with E-state index in [1.54, 1.807) is 31.4 Å². The lowest BCUT2D eigenvalue weighted by molar-refractivity contribution is 0.103. The van der Waals surface area contributed by atoms with Gasteiger partial charge in [0.1, 0.15) is 17.6 Å². The molecule has 0 fully saturated rings. The Morgan fingerprint density at radius 3 is 2.19 bits per heavy atom. The van der Waals surface area contributed by atoms with E-state index < -0.39 is 0 Å². The molecule has 3 aromatic carbocycles. The third kappa shape index (κ3) is 3.24. The second kappa shape index (κ2) is 7.69. The van der Waals surface area contributed by atoms with Crippen molar-refractivity contribution < 1.29 is 14.6 Å². The highest BCUT2D eigenvalue weighted by atomic mass is 16.5. The van der Waals surface area contributed by atoms with Gasteiger partial charge in [-0.2, -0.15) is 10.2 Å². The van der Waals surface area contributed by atoms with Crippen LogP contribution in [0.1, 0.15) is 39.0 Å². The van der Waals surface area contributed by atoms with Crippen molar-refractivity contribution in [2.24, 2.45) is 10.2 Å². The first kappa shape index (κ1) is 19.0. The molecule has 5 heteroatoms. The number of carbonyl (C=O) groups excluding carboxylic acids is 1. The van der Waals surface area contributed by atoms with Crippen LogP contribution in [0.5, 0.6) is 5.75 Å². The number of hydrogen-bond donors (Lipinski definition) is 1. The van der Waals surface area contributed by atoms with Gasteiger partial charge in [0, 0.05) is 17.0 Å². The molecule has 3 aromatic rings. The Bertz CT molecular complexity index is 1240. The number of ketones is 1. The molecule has 2 atom stereocenters. The van der Waals surface area contributed by atoms with Gasteiger partial charge in [-0.3, -0.25) is 4.79 Å². The fourth-order valence-corrected chi connectivity index (χ4v) is 4.16. The zero-order valence-corrected chi connectivity index (χ0v) is 16.9. The summed E-state index contributed by atoms with van der Waals surface area (Å²) in [4.78, 5) is 13.0. The lowest BCUT2D eigenvalue weighted by Crippen LogP contribution is -2.13. The number of Topliss-reactive ketones (excluding diaryl/α,β-unsaturated/α-hetero) is 1. The number of methoxy groups -OCH3 is 1. The Morgan fingerprint density at radius 1 is 0.839 bits per heavy atom. The van der Waals surface area contributed by atoms with E-state index in [4.69, 9.17) is 4.74 Å². The van der Waals surface area contributed by atoms with Gasteiger partial charge >= 0.3 is 0 Å². The smallest absolute Gasteiger partial charge is 0.199 e. The average molecular weight is 408 g/mol. The number of rotatable bonds is 4. The topological polar surface area (TPSA) is 71.2 Å². The SMILES string of the molecule is COc1ccc(C2N=NC(C3=C(O)c4ccccc4C3=O)=CC2c2ccccc2)cc1. The standard InChI is InChI=1S/C26H20N2O3/c1-31-18-13-11-17(12-14-18)24-21(16-7-3-2-4-8-16)15-22(27-28-24)23-25(29)19-9-5-6-10-20(19)26(23)30/h2-15,21,24,29H,1H3. The summed E-state index contributed by atoms with van der Waals surface area (Å²) in [5.41, 5.74) is 3.68. The Labute approximate surface area is 180 Å². The molecule has 1 aliphatic carbocycles.